The summed E-state index contributed by atoms with van der Waals surface area (Å²) in [6.45, 7) is 6.05. The standard InChI is InChI=1S/C22H23N3O2S2/c1-3-12-23-18(26)13-28-22-24-20-19(16-6-4-5-7-17(16)29-20)21(27)25(22)15-10-8-14(2)9-11-15/h3,8-11H,1,4-7,12-13H2,2H3,(H,23,26). The van der Waals surface area contributed by atoms with Crippen molar-refractivity contribution in [1.29, 1.82) is 0 Å². The van der Waals surface area contributed by atoms with Crippen LogP contribution in [-0.2, 0) is 17.6 Å². The van der Waals surface area contributed by atoms with Crippen molar-refractivity contribution >= 4 is 39.2 Å². The zero-order valence-corrected chi connectivity index (χ0v) is 18.0. The molecule has 2 heterocycles. The molecule has 0 saturated carbocycles. The Morgan fingerprint density at radius 3 is 2.83 bits per heavy atom. The van der Waals surface area contributed by atoms with E-state index in [0.29, 0.717) is 11.7 Å². The predicted octanol–water partition coefficient (Wildman–Crippen LogP) is 4.03. The van der Waals surface area contributed by atoms with Crippen molar-refractivity contribution in [1.82, 2.24) is 14.9 Å². The first kappa shape index (κ1) is 19.9. The topological polar surface area (TPSA) is 64.0 Å². The van der Waals surface area contributed by atoms with E-state index >= 15 is 0 Å². The molecule has 1 N–H and O–H groups in total. The Morgan fingerprint density at radius 1 is 1.31 bits per heavy atom. The van der Waals surface area contributed by atoms with Gasteiger partial charge in [-0.1, -0.05) is 35.5 Å². The molecule has 0 saturated heterocycles. The fourth-order valence-corrected chi connectivity index (χ4v) is 5.72. The van der Waals surface area contributed by atoms with Crippen molar-refractivity contribution in [2.24, 2.45) is 0 Å². The van der Waals surface area contributed by atoms with Crippen LogP contribution in [0.4, 0.5) is 0 Å². The summed E-state index contributed by atoms with van der Waals surface area (Å²) in [5.74, 6) is 0.0908. The van der Waals surface area contributed by atoms with E-state index < -0.39 is 0 Å². The van der Waals surface area contributed by atoms with E-state index in [1.165, 1.54) is 22.2 Å². The van der Waals surface area contributed by atoms with Crippen LogP contribution in [0.1, 0.15) is 28.8 Å². The van der Waals surface area contributed by atoms with Crippen molar-refractivity contribution in [2.75, 3.05) is 12.3 Å². The minimum absolute atomic E-state index is 0.0350. The number of hydrogen-bond acceptors (Lipinski definition) is 5. The van der Waals surface area contributed by atoms with Crippen LogP contribution >= 0.6 is 23.1 Å². The van der Waals surface area contributed by atoms with Gasteiger partial charge in [-0.2, -0.15) is 0 Å². The number of aryl methyl sites for hydroxylation is 3. The summed E-state index contributed by atoms with van der Waals surface area (Å²) in [6.07, 6.45) is 5.88. The van der Waals surface area contributed by atoms with E-state index in [2.05, 4.69) is 11.9 Å². The largest absolute Gasteiger partial charge is 0.352 e. The van der Waals surface area contributed by atoms with E-state index in [1.54, 1.807) is 22.0 Å². The summed E-state index contributed by atoms with van der Waals surface area (Å²) in [5, 5.41) is 4.08. The molecule has 0 spiro atoms. The quantitative estimate of drug-likeness (QED) is 0.368. The number of carbonyl (C=O) groups excluding carboxylic acids is 1. The van der Waals surface area contributed by atoms with E-state index in [1.807, 2.05) is 31.2 Å². The smallest absolute Gasteiger partial charge is 0.267 e. The van der Waals surface area contributed by atoms with Gasteiger partial charge in [0.05, 0.1) is 16.8 Å². The summed E-state index contributed by atoms with van der Waals surface area (Å²) >= 11 is 2.92. The van der Waals surface area contributed by atoms with Crippen molar-refractivity contribution in [3.63, 3.8) is 0 Å². The number of amides is 1. The molecule has 4 rings (SSSR count). The van der Waals surface area contributed by atoms with Crippen LogP contribution < -0.4 is 10.9 Å². The predicted molar refractivity (Wildman–Crippen MR) is 121 cm³/mol. The molecule has 3 aromatic rings. The third-order valence-electron chi connectivity index (χ3n) is 5.03. The number of nitrogens with zero attached hydrogens (tertiary/aromatic N) is 2. The molecule has 0 fully saturated rings. The van der Waals surface area contributed by atoms with E-state index in [9.17, 15) is 9.59 Å². The number of nitrogens with one attached hydrogen (secondary N) is 1. The summed E-state index contributed by atoms with van der Waals surface area (Å²) in [6, 6.07) is 7.84. The molecule has 7 heteroatoms. The van der Waals surface area contributed by atoms with Crippen molar-refractivity contribution in [3.8, 4) is 5.69 Å². The van der Waals surface area contributed by atoms with Crippen LogP contribution in [0.3, 0.4) is 0 Å². The van der Waals surface area contributed by atoms with Gasteiger partial charge in [0.15, 0.2) is 5.16 Å². The Labute approximate surface area is 177 Å². The first-order valence-corrected chi connectivity index (χ1v) is 11.5. The second kappa shape index (κ2) is 8.55. The van der Waals surface area contributed by atoms with Gasteiger partial charge in [0, 0.05) is 11.4 Å². The molecule has 1 aliphatic carbocycles. The molecule has 29 heavy (non-hydrogen) atoms. The van der Waals surface area contributed by atoms with Crippen LogP contribution in [0.15, 0.2) is 46.9 Å². The van der Waals surface area contributed by atoms with Gasteiger partial charge in [0.1, 0.15) is 4.83 Å². The number of aromatic nitrogens is 2. The fraction of sp³-hybridized carbons (Fsp3) is 0.318. The monoisotopic (exact) mass is 425 g/mol. The molecule has 1 aromatic carbocycles. The normalized spacial score (nSPS) is 13.3. The summed E-state index contributed by atoms with van der Waals surface area (Å²) in [5.41, 5.74) is 3.05. The Hall–Kier alpha value is -2.38. The summed E-state index contributed by atoms with van der Waals surface area (Å²) < 4.78 is 1.66. The lowest BCUT2D eigenvalue weighted by atomic mass is 9.97. The zero-order chi connectivity index (χ0) is 20.4. The minimum atomic E-state index is -0.106. The number of thiophene rings is 1. The summed E-state index contributed by atoms with van der Waals surface area (Å²) in [4.78, 5) is 32.6. The van der Waals surface area contributed by atoms with Gasteiger partial charge in [-0.05, 0) is 50.3 Å². The number of benzene rings is 1. The van der Waals surface area contributed by atoms with Gasteiger partial charge in [-0.25, -0.2) is 4.98 Å². The highest BCUT2D eigenvalue weighted by molar-refractivity contribution is 7.99. The lowest BCUT2D eigenvalue weighted by Gasteiger charge is -2.14. The van der Waals surface area contributed by atoms with E-state index in [-0.39, 0.29) is 17.2 Å². The third kappa shape index (κ3) is 4.02. The van der Waals surface area contributed by atoms with Crippen molar-refractivity contribution < 1.29 is 4.79 Å². The average Bonchev–Trinajstić information content (AvgIpc) is 3.10. The van der Waals surface area contributed by atoms with Gasteiger partial charge in [0.2, 0.25) is 5.91 Å². The van der Waals surface area contributed by atoms with Crippen LogP contribution in [0.2, 0.25) is 0 Å². The van der Waals surface area contributed by atoms with Gasteiger partial charge in [-0.3, -0.25) is 14.2 Å². The average molecular weight is 426 g/mol. The molecule has 5 nitrogen and oxygen atoms in total. The fourth-order valence-electron chi connectivity index (χ4n) is 3.57. The molecule has 0 atom stereocenters. The molecular weight excluding hydrogens is 402 g/mol. The second-order valence-electron chi connectivity index (χ2n) is 7.14. The maximum Gasteiger partial charge on any atom is 0.267 e. The molecular formula is C22H23N3O2S2. The Bertz CT molecular complexity index is 1130. The Kier molecular flexibility index (Phi) is 5.87. The second-order valence-corrected chi connectivity index (χ2v) is 9.17. The van der Waals surface area contributed by atoms with Gasteiger partial charge < -0.3 is 5.32 Å². The van der Waals surface area contributed by atoms with Gasteiger partial charge in [-0.15, -0.1) is 17.9 Å². The maximum absolute atomic E-state index is 13.6. The SMILES string of the molecule is C=CCNC(=O)CSc1nc2sc3c(c2c(=O)n1-c1ccc(C)cc1)CCCC3. The number of hydrogen-bond donors (Lipinski definition) is 1. The number of fused-ring (bicyclic) bond motifs is 3. The van der Waals surface area contributed by atoms with E-state index in [0.717, 1.165) is 47.2 Å². The molecule has 2 aromatic heterocycles. The minimum Gasteiger partial charge on any atom is -0.352 e. The van der Waals surface area contributed by atoms with Gasteiger partial charge >= 0.3 is 0 Å². The lowest BCUT2D eigenvalue weighted by molar-refractivity contribution is -0.118. The molecule has 150 valence electrons. The zero-order valence-electron chi connectivity index (χ0n) is 16.4. The Balaban J connectivity index is 1.82. The first-order valence-electron chi connectivity index (χ1n) is 9.73. The first-order chi connectivity index (χ1) is 14.1. The number of rotatable bonds is 6. The highest BCUT2D eigenvalue weighted by Crippen LogP contribution is 2.35. The molecule has 0 aliphatic heterocycles. The molecule has 0 radical (unpaired) electrons. The van der Waals surface area contributed by atoms with Crippen molar-refractivity contribution in [2.45, 2.75) is 37.8 Å². The van der Waals surface area contributed by atoms with E-state index in [4.69, 9.17) is 4.98 Å². The summed E-state index contributed by atoms with van der Waals surface area (Å²) in [7, 11) is 0. The van der Waals surface area contributed by atoms with Crippen molar-refractivity contribution in [3.05, 3.63) is 63.3 Å². The van der Waals surface area contributed by atoms with Crippen LogP contribution in [0.25, 0.3) is 15.9 Å². The highest BCUT2D eigenvalue weighted by Gasteiger charge is 2.23. The highest BCUT2D eigenvalue weighted by atomic mass is 32.2. The third-order valence-corrected chi connectivity index (χ3v) is 7.15. The Morgan fingerprint density at radius 2 is 2.07 bits per heavy atom. The van der Waals surface area contributed by atoms with Crippen LogP contribution in [0, 0.1) is 6.92 Å². The van der Waals surface area contributed by atoms with Crippen LogP contribution in [0.5, 0.6) is 0 Å². The van der Waals surface area contributed by atoms with Gasteiger partial charge in [0.25, 0.3) is 5.56 Å². The molecule has 1 aliphatic rings. The number of thioether (sulfide) groups is 1. The lowest BCUT2D eigenvalue weighted by Crippen LogP contribution is -2.26. The molecule has 0 unspecified atom stereocenters. The maximum atomic E-state index is 13.6. The molecule has 0 bridgehead atoms. The van der Waals surface area contributed by atoms with Crippen LogP contribution in [-0.4, -0.2) is 27.8 Å². The number of carbonyl (C=O) groups is 1. The molecule has 1 amide bonds.